The van der Waals surface area contributed by atoms with Crippen LogP contribution in [-0.4, -0.2) is 18.8 Å². The van der Waals surface area contributed by atoms with Gasteiger partial charge in [0.15, 0.2) is 0 Å². The summed E-state index contributed by atoms with van der Waals surface area (Å²) in [4.78, 5) is 0. The van der Waals surface area contributed by atoms with Crippen LogP contribution in [0.2, 0.25) is 0 Å². The van der Waals surface area contributed by atoms with Crippen LogP contribution in [0.4, 0.5) is 13.2 Å². The van der Waals surface area contributed by atoms with Gasteiger partial charge in [0.05, 0.1) is 6.26 Å². The monoisotopic (exact) mass is 265 g/mol. The lowest BCUT2D eigenvalue weighted by molar-refractivity contribution is -0.139. The number of nitrogens with two attached hydrogens (primary N) is 1. The third kappa shape index (κ3) is 5.10. The minimum Gasteiger partial charge on any atom is -0.467 e. The van der Waals surface area contributed by atoms with Gasteiger partial charge in [-0.2, -0.15) is 13.2 Å². The molecule has 1 aromatic rings. The van der Waals surface area contributed by atoms with Crippen molar-refractivity contribution in [3.8, 4) is 0 Å². The minimum atomic E-state index is -4.14. The molecule has 2 N–H and O–H groups in total. The summed E-state index contributed by atoms with van der Waals surface area (Å²) in [6, 6.07) is 3.12. The van der Waals surface area contributed by atoms with Crippen LogP contribution in [0.1, 0.15) is 38.1 Å². The Bertz CT molecular complexity index is 325. The van der Waals surface area contributed by atoms with Gasteiger partial charge in [-0.3, -0.25) is 0 Å². The van der Waals surface area contributed by atoms with E-state index >= 15 is 0 Å². The van der Waals surface area contributed by atoms with Crippen molar-refractivity contribution in [1.29, 1.82) is 0 Å². The van der Waals surface area contributed by atoms with E-state index in [-0.39, 0.29) is 19.1 Å². The maximum Gasteiger partial charge on any atom is 0.389 e. The van der Waals surface area contributed by atoms with E-state index in [9.17, 15) is 13.2 Å². The second-order valence-electron chi connectivity index (χ2n) is 4.10. The van der Waals surface area contributed by atoms with E-state index in [1.54, 1.807) is 12.1 Å². The molecule has 3 nitrogen and oxygen atoms in total. The Labute approximate surface area is 104 Å². The average Bonchev–Trinajstić information content (AvgIpc) is 2.80. The molecule has 0 aliphatic carbocycles. The zero-order valence-corrected chi connectivity index (χ0v) is 10.2. The molecule has 2 atom stereocenters. The molecule has 1 heterocycles. The van der Waals surface area contributed by atoms with Crippen molar-refractivity contribution in [3.63, 3.8) is 0 Å². The molecule has 0 bridgehead atoms. The van der Waals surface area contributed by atoms with Gasteiger partial charge in [-0.25, -0.2) is 0 Å². The molecule has 2 unspecified atom stereocenters. The number of rotatable bonds is 7. The summed E-state index contributed by atoms with van der Waals surface area (Å²) in [6.07, 6.45) is -3.40. The van der Waals surface area contributed by atoms with Crippen LogP contribution in [0.5, 0.6) is 0 Å². The summed E-state index contributed by atoms with van der Waals surface area (Å²) < 4.78 is 46.5. The normalized spacial score (nSPS) is 15.6. The van der Waals surface area contributed by atoms with Gasteiger partial charge in [-0.05, 0) is 25.0 Å². The Balaban J connectivity index is 2.43. The van der Waals surface area contributed by atoms with Crippen LogP contribution >= 0.6 is 0 Å². The third-order valence-electron chi connectivity index (χ3n) is 2.59. The molecule has 0 fully saturated rings. The predicted molar refractivity (Wildman–Crippen MR) is 61.0 cm³/mol. The summed E-state index contributed by atoms with van der Waals surface area (Å²) in [6.45, 7) is 1.90. The van der Waals surface area contributed by atoms with Gasteiger partial charge < -0.3 is 14.9 Å². The Morgan fingerprint density at radius 3 is 2.67 bits per heavy atom. The molecule has 6 heteroatoms. The maximum absolute atomic E-state index is 12.0. The second-order valence-corrected chi connectivity index (χ2v) is 4.10. The third-order valence-corrected chi connectivity index (χ3v) is 2.59. The number of alkyl halides is 3. The predicted octanol–water partition coefficient (Wildman–Crippen LogP) is 3.42. The van der Waals surface area contributed by atoms with Crippen molar-refractivity contribution in [1.82, 2.24) is 0 Å². The molecule has 0 aliphatic heterocycles. The SMILES string of the molecule is CCC(N)C(OCCCC(F)(F)F)c1ccco1. The molecule has 0 aromatic carbocycles. The van der Waals surface area contributed by atoms with Gasteiger partial charge in [-0.15, -0.1) is 0 Å². The molecule has 1 rings (SSSR count). The first-order chi connectivity index (χ1) is 8.44. The summed E-state index contributed by atoms with van der Waals surface area (Å²) in [5.41, 5.74) is 5.87. The highest BCUT2D eigenvalue weighted by atomic mass is 19.4. The number of ether oxygens (including phenoxy) is 1. The smallest absolute Gasteiger partial charge is 0.389 e. The molecule has 0 spiro atoms. The van der Waals surface area contributed by atoms with Crippen LogP contribution in [-0.2, 0) is 4.74 Å². The van der Waals surface area contributed by atoms with Gasteiger partial charge in [0.2, 0.25) is 0 Å². The molecular weight excluding hydrogens is 247 g/mol. The van der Waals surface area contributed by atoms with Crippen LogP contribution in [0.25, 0.3) is 0 Å². The first kappa shape index (κ1) is 15.0. The van der Waals surface area contributed by atoms with Crippen LogP contribution in [0.15, 0.2) is 22.8 Å². The summed E-state index contributed by atoms with van der Waals surface area (Å²) in [5.74, 6) is 0.552. The van der Waals surface area contributed by atoms with E-state index in [1.165, 1.54) is 6.26 Å². The highest BCUT2D eigenvalue weighted by Crippen LogP contribution is 2.25. The van der Waals surface area contributed by atoms with Crippen LogP contribution < -0.4 is 5.73 Å². The van der Waals surface area contributed by atoms with E-state index in [2.05, 4.69) is 0 Å². The fraction of sp³-hybridized carbons (Fsp3) is 0.667. The van der Waals surface area contributed by atoms with E-state index in [4.69, 9.17) is 14.9 Å². The van der Waals surface area contributed by atoms with Crippen molar-refractivity contribution in [2.75, 3.05) is 6.61 Å². The average molecular weight is 265 g/mol. The Morgan fingerprint density at radius 2 is 2.17 bits per heavy atom. The number of halogens is 3. The second kappa shape index (κ2) is 6.80. The zero-order valence-electron chi connectivity index (χ0n) is 10.2. The molecule has 104 valence electrons. The molecule has 0 radical (unpaired) electrons. The Morgan fingerprint density at radius 1 is 1.44 bits per heavy atom. The van der Waals surface area contributed by atoms with Crippen LogP contribution in [0, 0.1) is 0 Å². The van der Waals surface area contributed by atoms with Crippen molar-refractivity contribution < 1.29 is 22.3 Å². The highest BCUT2D eigenvalue weighted by molar-refractivity contribution is 5.04. The van der Waals surface area contributed by atoms with Gasteiger partial charge >= 0.3 is 6.18 Å². The van der Waals surface area contributed by atoms with Crippen molar-refractivity contribution in [2.45, 2.75) is 44.5 Å². The topological polar surface area (TPSA) is 48.4 Å². The molecule has 1 aromatic heterocycles. The molecule has 18 heavy (non-hydrogen) atoms. The van der Waals surface area contributed by atoms with Crippen molar-refractivity contribution in [2.24, 2.45) is 5.73 Å². The number of hydrogen-bond acceptors (Lipinski definition) is 3. The van der Waals surface area contributed by atoms with Crippen molar-refractivity contribution in [3.05, 3.63) is 24.2 Å². The van der Waals surface area contributed by atoms with Crippen LogP contribution in [0.3, 0.4) is 0 Å². The Hall–Kier alpha value is -1.01. The fourth-order valence-corrected chi connectivity index (χ4v) is 1.57. The standard InChI is InChI=1S/C12H18F3NO2/c1-2-9(16)11(10-5-3-7-17-10)18-8-4-6-12(13,14)15/h3,5,7,9,11H,2,4,6,8,16H2,1H3. The summed E-state index contributed by atoms with van der Waals surface area (Å²) in [7, 11) is 0. The lowest BCUT2D eigenvalue weighted by Gasteiger charge is -2.21. The first-order valence-corrected chi connectivity index (χ1v) is 5.91. The quantitative estimate of drug-likeness (QED) is 0.768. The largest absolute Gasteiger partial charge is 0.467 e. The Kier molecular flexibility index (Phi) is 5.68. The van der Waals surface area contributed by atoms with Crippen molar-refractivity contribution >= 4 is 0 Å². The first-order valence-electron chi connectivity index (χ1n) is 5.91. The van der Waals surface area contributed by atoms with Gasteiger partial charge in [0.25, 0.3) is 0 Å². The van der Waals surface area contributed by atoms with Gasteiger partial charge in [0, 0.05) is 19.1 Å². The molecule has 0 amide bonds. The molecular formula is C12H18F3NO2. The van der Waals surface area contributed by atoms with Gasteiger partial charge in [0.1, 0.15) is 11.9 Å². The van der Waals surface area contributed by atoms with E-state index in [1.807, 2.05) is 6.92 Å². The highest BCUT2D eigenvalue weighted by Gasteiger charge is 2.27. The molecule has 0 saturated heterocycles. The summed E-state index contributed by atoms with van der Waals surface area (Å²) >= 11 is 0. The number of hydrogen-bond donors (Lipinski definition) is 1. The lowest BCUT2D eigenvalue weighted by Crippen LogP contribution is -2.29. The zero-order chi connectivity index (χ0) is 13.6. The molecule has 0 saturated carbocycles. The fourth-order valence-electron chi connectivity index (χ4n) is 1.57. The number of furan rings is 1. The molecule has 0 aliphatic rings. The summed E-state index contributed by atoms with van der Waals surface area (Å²) in [5, 5.41) is 0. The lowest BCUT2D eigenvalue weighted by atomic mass is 10.1. The van der Waals surface area contributed by atoms with E-state index in [0.29, 0.717) is 12.2 Å². The maximum atomic E-state index is 12.0. The van der Waals surface area contributed by atoms with E-state index in [0.717, 1.165) is 0 Å². The van der Waals surface area contributed by atoms with E-state index < -0.39 is 18.7 Å². The van der Waals surface area contributed by atoms with Gasteiger partial charge in [-0.1, -0.05) is 6.92 Å². The minimum absolute atomic E-state index is 0.0125.